The zero-order valence-corrected chi connectivity index (χ0v) is 13.3. The molecule has 3 heteroatoms. The van der Waals surface area contributed by atoms with Gasteiger partial charge in [0.25, 0.3) is 0 Å². The van der Waals surface area contributed by atoms with Gasteiger partial charge in [-0.15, -0.1) is 0 Å². The van der Waals surface area contributed by atoms with Crippen LogP contribution in [0.4, 0.5) is 0 Å². The average molecular weight is 319 g/mol. The second kappa shape index (κ2) is 4.54. The van der Waals surface area contributed by atoms with E-state index < -0.39 is 0 Å². The number of para-hydroxylation sites is 2. The number of pyridine rings is 3. The lowest BCUT2D eigenvalue weighted by Gasteiger charge is -2.11. The van der Waals surface area contributed by atoms with Crippen LogP contribution in [0.1, 0.15) is 0 Å². The van der Waals surface area contributed by atoms with Crippen molar-refractivity contribution in [1.29, 1.82) is 0 Å². The van der Waals surface area contributed by atoms with E-state index in [1.807, 2.05) is 24.5 Å². The summed E-state index contributed by atoms with van der Waals surface area (Å²) in [6.07, 6.45) is 3.86. The fraction of sp³-hybridized carbons (Fsp3) is 0. The average Bonchev–Trinajstić information content (AvgIpc) is 3.07. The number of hydrogen-bond donors (Lipinski definition) is 0. The molecular weight excluding hydrogens is 306 g/mol. The zero-order valence-electron chi connectivity index (χ0n) is 13.3. The lowest BCUT2D eigenvalue weighted by Crippen LogP contribution is -1.94. The second-order valence-corrected chi connectivity index (χ2v) is 6.36. The third-order valence-corrected chi connectivity index (χ3v) is 5.03. The Morgan fingerprint density at radius 3 is 2.52 bits per heavy atom. The Balaban J connectivity index is 2.07. The second-order valence-electron chi connectivity index (χ2n) is 6.36. The van der Waals surface area contributed by atoms with E-state index >= 15 is 0 Å². The van der Waals surface area contributed by atoms with Gasteiger partial charge in [-0.25, -0.2) is 0 Å². The topological polar surface area (TPSA) is 30.2 Å². The third kappa shape index (κ3) is 1.59. The number of aromatic nitrogens is 3. The molecule has 0 radical (unpaired) electrons. The molecule has 116 valence electrons. The monoisotopic (exact) mass is 319 g/mol. The maximum atomic E-state index is 4.72. The number of nitrogens with zero attached hydrogens (tertiary/aromatic N) is 3. The van der Waals surface area contributed by atoms with Crippen molar-refractivity contribution in [2.24, 2.45) is 0 Å². The molecule has 0 saturated carbocycles. The van der Waals surface area contributed by atoms with Crippen molar-refractivity contribution >= 4 is 49.1 Å². The predicted octanol–water partition coefficient (Wildman–Crippen LogP) is 5.34. The highest BCUT2D eigenvalue weighted by Gasteiger charge is 2.14. The van der Waals surface area contributed by atoms with E-state index in [1.54, 1.807) is 0 Å². The van der Waals surface area contributed by atoms with Crippen molar-refractivity contribution in [1.82, 2.24) is 14.4 Å². The molecule has 25 heavy (non-hydrogen) atoms. The van der Waals surface area contributed by atoms with Crippen molar-refractivity contribution < 1.29 is 0 Å². The molecule has 0 saturated heterocycles. The molecule has 0 aliphatic heterocycles. The van der Waals surface area contributed by atoms with Crippen molar-refractivity contribution in [2.75, 3.05) is 0 Å². The van der Waals surface area contributed by atoms with Gasteiger partial charge in [0.1, 0.15) is 0 Å². The van der Waals surface area contributed by atoms with Gasteiger partial charge < -0.3 is 4.40 Å². The summed E-state index contributed by atoms with van der Waals surface area (Å²) in [5, 5.41) is 4.77. The van der Waals surface area contributed by atoms with Gasteiger partial charge in [-0.1, -0.05) is 42.5 Å². The zero-order chi connectivity index (χ0) is 16.4. The molecule has 6 aromatic rings. The summed E-state index contributed by atoms with van der Waals surface area (Å²) in [7, 11) is 0. The Kier molecular flexibility index (Phi) is 2.35. The maximum Gasteiger partial charge on any atom is 0.0949 e. The largest absolute Gasteiger partial charge is 0.305 e. The smallest absolute Gasteiger partial charge is 0.0949 e. The van der Waals surface area contributed by atoms with Crippen LogP contribution in [-0.4, -0.2) is 14.4 Å². The van der Waals surface area contributed by atoms with Crippen LogP contribution in [0, 0.1) is 0 Å². The lowest BCUT2D eigenvalue weighted by molar-refractivity contribution is 1.30. The minimum absolute atomic E-state index is 1.01. The van der Waals surface area contributed by atoms with E-state index in [0.717, 1.165) is 27.5 Å². The highest BCUT2D eigenvalue weighted by molar-refractivity contribution is 6.22. The maximum absolute atomic E-state index is 4.72. The summed E-state index contributed by atoms with van der Waals surface area (Å²) in [6, 6.07) is 23.2. The van der Waals surface area contributed by atoms with Gasteiger partial charge >= 0.3 is 0 Å². The molecule has 0 aliphatic rings. The fourth-order valence-electron chi connectivity index (χ4n) is 3.98. The van der Waals surface area contributed by atoms with Crippen LogP contribution < -0.4 is 0 Å². The Morgan fingerprint density at radius 2 is 1.52 bits per heavy atom. The van der Waals surface area contributed by atoms with Crippen LogP contribution in [0.25, 0.3) is 49.1 Å². The molecule has 0 fully saturated rings. The normalized spacial score (nSPS) is 12.0. The first kappa shape index (κ1) is 12.9. The Hall–Kier alpha value is -3.46. The summed E-state index contributed by atoms with van der Waals surface area (Å²) in [4.78, 5) is 9.43. The summed E-state index contributed by atoms with van der Waals surface area (Å²) < 4.78 is 2.29. The first-order chi connectivity index (χ1) is 12.4. The molecule has 6 rings (SSSR count). The van der Waals surface area contributed by atoms with Crippen LogP contribution in [0.3, 0.4) is 0 Å². The molecule has 0 N–H and O–H groups in total. The number of hydrogen-bond acceptors (Lipinski definition) is 2. The predicted molar refractivity (Wildman–Crippen MR) is 103 cm³/mol. The fourth-order valence-corrected chi connectivity index (χ4v) is 3.98. The van der Waals surface area contributed by atoms with Crippen molar-refractivity contribution in [3.8, 4) is 0 Å². The van der Waals surface area contributed by atoms with E-state index in [1.165, 1.54) is 21.7 Å². The molecule has 0 spiro atoms. The van der Waals surface area contributed by atoms with Crippen molar-refractivity contribution in [3.05, 3.63) is 79.1 Å². The quantitative estimate of drug-likeness (QED) is 0.354. The van der Waals surface area contributed by atoms with E-state index in [2.05, 4.69) is 59.0 Å². The van der Waals surface area contributed by atoms with Crippen LogP contribution in [0.5, 0.6) is 0 Å². The van der Waals surface area contributed by atoms with Gasteiger partial charge in [0.2, 0.25) is 0 Å². The van der Waals surface area contributed by atoms with Gasteiger partial charge in [-0.2, -0.15) is 0 Å². The van der Waals surface area contributed by atoms with Crippen LogP contribution in [0.2, 0.25) is 0 Å². The number of benzene rings is 2. The standard InChI is InChI=1S/C22H13N3/c1-4-10-18-14(6-1)12-19-22-16(8-5-11-23-22)21-15-7-2-3-9-17(15)24-13-20(21)25(18)19/h1-13H. The summed E-state index contributed by atoms with van der Waals surface area (Å²) in [5.74, 6) is 0. The third-order valence-electron chi connectivity index (χ3n) is 5.03. The molecule has 4 aromatic heterocycles. The van der Waals surface area contributed by atoms with E-state index in [0.29, 0.717) is 0 Å². The first-order valence-electron chi connectivity index (χ1n) is 8.36. The van der Waals surface area contributed by atoms with Gasteiger partial charge in [-0.3, -0.25) is 9.97 Å². The van der Waals surface area contributed by atoms with Gasteiger partial charge in [0.05, 0.1) is 33.8 Å². The Morgan fingerprint density at radius 1 is 0.680 bits per heavy atom. The molecule has 0 amide bonds. The van der Waals surface area contributed by atoms with E-state index in [9.17, 15) is 0 Å². The van der Waals surface area contributed by atoms with Crippen LogP contribution in [-0.2, 0) is 0 Å². The summed E-state index contributed by atoms with van der Waals surface area (Å²) >= 11 is 0. The Labute approximate surface area is 143 Å². The molecule has 4 heterocycles. The molecule has 0 atom stereocenters. The molecule has 0 bridgehead atoms. The van der Waals surface area contributed by atoms with Crippen molar-refractivity contribution in [3.63, 3.8) is 0 Å². The highest BCUT2D eigenvalue weighted by Crippen LogP contribution is 2.35. The number of fused-ring (bicyclic) bond motifs is 10. The Bertz CT molecular complexity index is 1440. The molecule has 0 aliphatic carbocycles. The van der Waals surface area contributed by atoms with Crippen molar-refractivity contribution in [2.45, 2.75) is 0 Å². The molecule has 0 unspecified atom stereocenters. The van der Waals surface area contributed by atoms with E-state index in [4.69, 9.17) is 9.97 Å². The molecular formula is C22H13N3. The minimum Gasteiger partial charge on any atom is -0.305 e. The van der Waals surface area contributed by atoms with Crippen LogP contribution >= 0.6 is 0 Å². The van der Waals surface area contributed by atoms with Gasteiger partial charge in [0, 0.05) is 27.7 Å². The van der Waals surface area contributed by atoms with Crippen LogP contribution in [0.15, 0.2) is 79.1 Å². The van der Waals surface area contributed by atoms with E-state index in [-0.39, 0.29) is 0 Å². The van der Waals surface area contributed by atoms with Gasteiger partial charge in [-0.05, 0) is 24.3 Å². The SMILES string of the molecule is c1ccc2c(c1)cc1c3ncccc3c3c4ccccc4ncc3n21. The number of rotatable bonds is 0. The lowest BCUT2D eigenvalue weighted by atomic mass is 10.0. The molecule has 3 nitrogen and oxygen atoms in total. The highest BCUT2D eigenvalue weighted by atomic mass is 14.9. The minimum atomic E-state index is 1.01. The van der Waals surface area contributed by atoms with Gasteiger partial charge in [0.15, 0.2) is 0 Å². The first-order valence-corrected chi connectivity index (χ1v) is 8.36. The summed E-state index contributed by atoms with van der Waals surface area (Å²) in [5.41, 5.74) is 5.47. The summed E-state index contributed by atoms with van der Waals surface area (Å²) in [6.45, 7) is 0. The molecule has 2 aromatic carbocycles.